The van der Waals surface area contributed by atoms with Crippen molar-refractivity contribution in [1.82, 2.24) is 14.8 Å². The van der Waals surface area contributed by atoms with E-state index in [-0.39, 0.29) is 11.8 Å². The van der Waals surface area contributed by atoms with Gasteiger partial charge in [0, 0.05) is 55.9 Å². The number of fused-ring (bicyclic) bond motifs is 2. The highest BCUT2D eigenvalue weighted by molar-refractivity contribution is 7.99. The highest BCUT2D eigenvalue weighted by Gasteiger charge is 2.28. The van der Waals surface area contributed by atoms with E-state index in [4.69, 9.17) is 0 Å². The van der Waals surface area contributed by atoms with E-state index in [2.05, 4.69) is 16.5 Å². The lowest BCUT2D eigenvalue weighted by Crippen LogP contribution is -2.48. The van der Waals surface area contributed by atoms with Crippen LogP contribution < -0.4 is 4.90 Å². The standard InChI is InChI=1S/C22H24N4O2S/c1-3-10-24-11-13-25(14-12-24)21(27)16-7-8-18-19(15-16)29-20-17(6-5-9-23-20)22(28)26(18)4-2/h3,5-9,15H,1,4,10-14H2,2H3. The number of carbonyl (C=O) groups excluding carboxylic acids is 2. The van der Waals surface area contributed by atoms with E-state index in [1.165, 1.54) is 11.8 Å². The van der Waals surface area contributed by atoms with Gasteiger partial charge in [-0.05, 0) is 37.3 Å². The molecule has 3 heterocycles. The van der Waals surface area contributed by atoms with Gasteiger partial charge in [0.1, 0.15) is 5.03 Å². The van der Waals surface area contributed by atoms with Gasteiger partial charge in [0.15, 0.2) is 0 Å². The summed E-state index contributed by atoms with van der Waals surface area (Å²) in [5.41, 5.74) is 2.07. The van der Waals surface area contributed by atoms with E-state index in [9.17, 15) is 9.59 Å². The molecule has 6 nitrogen and oxygen atoms in total. The molecule has 0 bridgehead atoms. The highest BCUT2D eigenvalue weighted by Crippen LogP contribution is 2.40. The minimum absolute atomic E-state index is 0.0338. The third-order valence-electron chi connectivity index (χ3n) is 5.31. The summed E-state index contributed by atoms with van der Waals surface area (Å²) in [4.78, 5) is 37.3. The molecule has 0 unspecified atom stereocenters. The third-order valence-corrected chi connectivity index (χ3v) is 6.38. The Morgan fingerprint density at radius 2 is 2.03 bits per heavy atom. The molecule has 0 aliphatic carbocycles. The van der Waals surface area contributed by atoms with Gasteiger partial charge in [0.25, 0.3) is 11.8 Å². The summed E-state index contributed by atoms with van der Waals surface area (Å²) >= 11 is 1.45. The fourth-order valence-corrected chi connectivity index (χ4v) is 4.81. The predicted molar refractivity (Wildman–Crippen MR) is 115 cm³/mol. The van der Waals surface area contributed by atoms with Gasteiger partial charge in [0.2, 0.25) is 0 Å². The summed E-state index contributed by atoms with van der Waals surface area (Å²) in [6, 6.07) is 9.20. The molecule has 0 N–H and O–H groups in total. The maximum absolute atomic E-state index is 13.1. The van der Waals surface area contributed by atoms with Crippen LogP contribution in [0, 0.1) is 0 Å². The van der Waals surface area contributed by atoms with E-state index < -0.39 is 0 Å². The van der Waals surface area contributed by atoms with Crippen LogP contribution in [-0.2, 0) is 0 Å². The first-order valence-electron chi connectivity index (χ1n) is 9.83. The zero-order valence-corrected chi connectivity index (χ0v) is 17.3. The van der Waals surface area contributed by atoms with Crippen LogP contribution in [0.25, 0.3) is 0 Å². The summed E-state index contributed by atoms with van der Waals surface area (Å²) < 4.78 is 0. The van der Waals surface area contributed by atoms with Crippen LogP contribution >= 0.6 is 11.8 Å². The van der Waals surface area contributed by atoms with E-state index in [0.717, 1.165) is 30.2 Å². The Hall–Kier alpha value is -2.64. The summed E-state index contributed by atoms with van der Waals surface area (Å²) in [6.45, 7) is 10.3. The Morgan fingerprint density at radius 3 is 2.76 bits per heavy atom. The van der Waals surface area contributed by atoms with Crippen LogP contribution in [-0.4, -0.2) is 65.9 Å². The van der Waals surface area contributed by atoms with Crippen molar-refractivity contribution in [2.45, 2.75) is 16.8 Å². The largest absolute Gasteiger partial charge is 0.336 e. The number of amides is 2. The smallest absolute Gasteiger partial charge is 0.261 e. The zero-order valence-electron chi connectivity index (χ0n) is 16.5. The first-order valence-corrected chi connectivity index (χ1v) is 10.6. The van der Waals surface area contributed by atoms with Gasteiger partial charge in [-0.25, -0.2) is 4.98 Å². The molecule has 2 amide bonds. The fraction of sp³-hybridized carbons (Fsp3) is 0.318. The Morgan fingerprint density at radius 1 is 1.24 bits per heavy atom. The SMILES string of the molecule is C=CCN1CCN(C(=O)c2ccc3c(c2)Sc2ncccc2C(=O)N3CC)CC1. The number of hydrogen-bond donors (Lipinski definition) is 0. The number of hydrogen-bond acceptors (Lipinski definition) is 5. The number of benzene rings is 1. The molecular formula is C22H24N4O2S. The second kappa shape index (κ2) is 8.39. The maximum Gasteiger partial charge on any atom is 0.261 e. The highest BCUT2D eigenvalue weighted by atomic mass is 32.2. The average molecular weight is 409 g/mol. The van der Waals surface area contributed by atoms with Gasteiger partial charge in [0.05, 0.1) is 11.3 Å². The Balaban J connectivity index is 1.62. The van der Waals surface area contributed by atoms with Crippen molar-refractivity contribution in [3.05, 3.63) is 60.3 Å². The lowest BCUT2D eigenvalue weighted by molar-refractivity contribution is 0.0650. The van der Waals surface area contributed by atoms with Gasteiger partial charge in [-0.3, -0.25) is 14.5 Å². The number of carbonyl (C=O) groups is 2. The van der Waals surface area contributed by atoms with Crippen molar-refractivity contribution < 1.29 is 9.59 Å². The van der Waals surface area contributed by atoms with E-state index in [0.29, 0.717) is 35.8 Å². The number of nitrogens with zero attached hydrogens (tertiary/aromatic N) is 4. The molecular weight excluding hydrogens is 384 g/mol. The molecule has 150 valence electrons. The second-order valence-corrected chi connectivity index (χ2v) is 8.10. The van der Waals surface area contributed by atoms with Gasteiger partial charge in [-0.2, -0.15) is 0 Å². The summed E-state index contributed by atoms with van der Waals surface area (Å²) in [7, 11) is 0. The molecule has 2 aromatic rings. The molecule has 2 aliphatic heterocycles. The Kier molecular flexibility index (Phi) is 5.69. The minimum atomic E-state index is -0.0562. The van der Waals surface area contributed by atoms with E-state index in [1.54, 1.807) is 23.2 Å². The van der Waals surface area contributed by atoms with Gasteiger partial charge < -0.3 is 9.80 Å². The molecule has 0 spiro atoms. The van der Waals surface area contributed by atoms with Crippen molar-refractivity contribution in [3.8, 4) is 0 Å². The minimum Gasteiger partial charge on any atom is -0.336 e. The molecule has 1 saturated heterocycles. The lowest BCUT2D eigenvalue weighted by atomic mass is 10.1. The van der Waals surface area contributed by atoms with Crippen LogP contribution in [0.5, 0.6) is 0 Å². The first kappa shape index (κ1) is 19.7. The number of pyridine rings is 1. The lowest BCUT2D eigenvalue weighted by Gasteiger charge is -2.34. The van der Waals surface area contributed by atoms with Crippen molar-refractivity contribution in [2.24, 2.45) is 0 Å². The summed E-state index contributed by atoms with van der Waals surface area (Å²) in [5.74, 6) is -0.0224. The molecule has 1 aromatic heterocycles. The number of anilines is 1. The quantitative estimate of drug-likeness (QED) is 0.728. The van der Waals surface area contributed by atoms with E-state index in [1.807, 2.05) is 36.1 Å². The zero-order chi connectivity index (χ0) is 20.4. The van der Waals surface area contributed by atoms with Gasteiger partial charge in [-0.1, -0.05) is 17.8 Å². The molecule has 0 saturated carbocycles. The molecule has 1 fully saturated rings. The van der Waals surface area contributed by atoms with Crippen LogP contribution in [0.4, 0.5) is 5.69 Å². The number of piperazine rings is 1. The van der Waals surface area contributed by atoms with Crippen LogP contribution in [0.1, 0.15) is 27.6 Å². The van der Waals surface area contributed by atoms with Gasteiger partial charge in [-0.15, -0.1) is 6.58 Å². The second-order valence-electron chi connectivity index (χ2n) is 7.07. The molecule has 29 heavy (non-hydrogen) atoms. The van der Waals surface area contributed by atoms with Crippen LogP contribution in [0.3, 0.4) is 0 Å². The van der Waals surface area contributed by atoms with Gasteiger partial charge >= 0.3 is 0 Å². The van der Waals surface area contributed by atoms with Crippen molar-refractivity contribution in [2.75, 3.05) is 44.2 Å². The number of aromatic nitrogens is 1. The van der Waals surface area contributed by atoms with E-state index >= 15 is 0 Å². The average Bonchev–Trinajstić information content (AvgIpc) is 2.87. The maximum atomic E-state index is 13.1. The first-order chi connectivity index (χ1) is 14.1. The molecule has 0 atom stereocenters. The van der Waals surface area contributed by atoms with Crippen LogP contribution in [0.2, 0.25) is 0 Å². The van der Waals surface area contributed by atoms with Crippen LogP contribution in [0.15, 0.2) is 59.1 Å². The predicted octanol–water partition coefficient (Wildman–Crippen LogP) is 3.16. The molecule has 2 aliphatic rings. The van der Waals surface area contributed by atoms with Crippen molar-refractivity contribution in [3.63, 3.8) is 0 Å². The molecule has 7 heteroatoms. The Labute approximate surface area is 175 Å². The monoisotopic (exact) mass is 408 g/mol. The summed E-state index contributed by atoms with van der Waals surface area (Å²) in [6.07, 6.45) is 3.59. The molecule has 4 rings (SSSR count). The third kappa shape index (κ3) is 3.80. The Bertz CT molecular complexity index is 954. The molecule has 1 aromatic carbocycles. The summed E-state index contributed by atoms with van der Waals surface area (Å²) in [5, 5.41) is 0.678. The number of rotatable bonds is 4. The molecule has 0 radical (unpaired) electrons. The normalized spacial score (nSPS) is 16.8. The van der Waals surface area contributed by atoms with Crippen molar-refractivity contribution >= 4 is 29.3 Å². The topological polar surface area (TPSA) is 56.8 Å². The fourth-order valence-electron chi connectivity index (χ4n) is 3.76. The van der Waals surface area contributed by atoms with Crippen molar-refractivity contribution in [1.29, 1.82) is 0 Å².